The SMILES string of the molecule is CPBP=O. The lowest BCUT2D eigenvalue weighted by atomic mass is 10.7. The van der Waals surface area contributed by atoms with Crippen LogP contribution >= 0.6 is 16.8 Å². The first-order chi connectivity index (χ1) is 2.41. The van der Waals surface area contributed by atoms with Gasteiger partial charge >= 0.3 is 0 Å². The standard InChI is InChI=1S/CH5BOP2/c1-4-2-5-3/h2,4H,1H3. The summed E-state index contributed by atoms with van der Waals surface area (Å²) in [6.07, 6.45) is 0. The zero-order valence-corrected chi connectivity index (χ0v) is 4.96. The molecule has 0 rings (SSSR count). The summed E-state index contributed by atoms with van der Waals surface area (Å²) in [7, 11) is 1.12. The van der Waals surface area contributed by atoms with Gasteiger partial charge in [0.25, 0.3) is 6.72 Å². The predicted octanol–water partition coefficient (Wildman–Crippen LogP) is 0.853. The van der Waals surface area contributed by atoms with E-state index < -0.39 is 0 Å². The quantitative estimate of drug-likeness (QED) is 0.376. The Morgan fingerprint density at radius 1 is 2.00 bits per heavy atom. The molecule has 0 saturated carbocycles. The molecule has 0 amide bonds. The Balaban J connectivity index is 2.40. The van der Waals surface area contributed by atoms with Gasteiger partial charge in [-0.3, -0.25) is 4.57 Å². The summed E-state index contributed by atoms with van der Waals surface area (Å²) in [6.45, 7) is 2.87. The van der Waals surface area contributed by atoms with Gasteiger partial charge in [-0.1, -0.05) is 6.66 Å². The van der Waals surface area contributed by atoms with Gasteiger partial charge in [0.1, 0.15) is 0 Å². The number of hydrogen-bond donors (Lipinski definition) is 0. The maximum atomic E-state index is 9.51. The van der Waals surface area contributed by atoms with E-state index in [1.54, 1.807) is 0 Å². The van der Waals surface area contributed by atoms with Crippen molar-refractivity contribution >= 4 is 23.5 Å². The van der Waals surface area contributed by atoms with Crippen LogP contribution in [-0.2, 0) is 4.57 Å². The molecule has 1 nitrogen and oxygen atoms in total. The van der Waals surface area contributed by atoms with E-state index in [-0.39, 0.29) is 0 Å². The summed E-state index contributed by atoms with van der Waals surface area (Å²) in [5, 5.41) is 0. The Hall–Kier alpha value is 0.595. The van der Waals surface area contributed by atoms with E-state index in [1.165, 1.54) is 0 Å². The van der Waals surface area contributed by atoms with E-state index in [1.807, 2.05) is 6.66 Å². The fraction of sp³-hybridized carbons (Fsp3) is 1.00. The molecular weight excluding hydrogens is 101 g/mol. The Bertz CT molecular complexity index is 30.8. The highest BCUT2D eigenvalue weighted by Crippen LogP contribution is 2.04. The number of rotatable bonds is 2. The van der Waals surface area contributed by atoms with Crippen molar-refractivity contribution in [2.24, 2.45) is 0 Å². The third-order valence-corrected chi connectivity index (χ3v) is 2.00. The molecule has 0 saturated heterocycles. The van der Waals surface area contributed by atoms with Gasteiger partial charge < -0.3 is 0 Å². The zero-order valence-electron chi connectivity index (χ0n) is 3.06. The van der Waals surface area contributed by atoms with Crippen LogP contribution < -0.4 is 0 Å². The summed E-state index contributed by atoms with van der Waals surface area (Å²) in [5.41, 5.74) is 0. The molecule has 0 bridgehead atoms. The Morgan fingerprint density at radius 3 is 2.60 bits per heavy atom. The van der Waals surface area contributed by atoms with Crippen LogP contribution in [-0.4, -0.2) is 13.4 Å². The summed E-state index contributed by atoms with van der Waals surface area (Å²) in [4.78, 5) is 0. The average molecular weight is 106 g/mol. The summed E-state index contributed by atoms with van der Waals surface area (Å²) in [5.74, 6) is 0. The highest BCUT2D eigenvalue weighted by atomic mass is 31.1. The van der Waals surface area contributed by atoms with Crippen molar-refractivity contribution in [3.8, 4) is 0 Å². The monoisotopic (exact) mass is 106 g/mol. The summed E-state index contributed by atoms with van der Waals surface area (Å²) < 4.78 is 9.51. The first kappa shape index (κ1) is 5.59. The van der Waals surface area contributed by atoms with E-state index in [4.69, 9.17) is 0 Å². The minimum atomic E-state index is 0.292. The maximum Gasteiger partial charge on any atom is 0.264 e. The normalized spacial score (nSPS) is 10.6. The molecule has 0 aliphatic carbocycles. The smallest absolute Gasteiger partial charge is 0.264 e. The molecule has 4 heteroatoms. The van der Waals surface area contributed by atoms with Crippen molar-refractivity contribution in [3.63, 3.8) is 0 Å². The van der Waals surface area contributed by atoms with Crippen molar-refractivity contribution in [1.82, 2.24) is 0 Å². The molecule has 1 atom stereocenters. The van der Waals surface area contributed by atoms with E-state index in [2.05, 4.69) is 0 Å². The molecule has 5 heavy (non-hydrogen) atoms. The van der Waals surface area contributed by atoms with E-state index in [9.17, 15) is 4.57 Å². The van der Waals surface area contributed by atoms with Crippen LogP contribution in [0.1, 0.15) is 0 Å². The van der Waals surface area contributed by atoms with Gasteiger partial charge in [0.2, 0.25) is 0 Å². The third kappa shape index (κ3) is 4.59. The zero-order chi connectivity index (χ0) is 4.12. The van der Waals surface area contributed by atoms with Gasteiger partial charge in [0, 0.05) is 0 Å². The van der Waals surface area contributed by atoms with Gasteiger partial charge in [-0.2, -0.15) is 0 Å². The fourth-order valence-electron chi connectivity index (χ4n) is 0.0645. The largest absolute Gasteiger partial charge is 0.288 e. The van der Waals surface area contributed by atoms with Gasteiger partial charge in [0.15, 0.2) is 0 Å². The van der Waals surface area contributed by atoms with Crippen molar-refractivity contribution in [2.75, 3.05) is 6.66 Å². The molecular formula is CH5BOP2. The molecule has 0 heterocycles. The lowest BCUT2D eigenvalue weighted by Crippen LogP contribution is -1.50. The molecule has 28 valence electrons. The van der Waals surface area contributed by atoms with Crippen LogP contribution in [0.4, 0.5) is 0 Å². The minimum absolute atomic E-state index is 0.292. The third-order valence-electron chi connectivity index (χ3n) is 0.223. The Morgan fingerprint density at radius 2 is 2.60 bits per heavy atom. The lowest BCUT2D eigenvalue weighted by molar-refractivity contribution is 0.605. The van der Waals surface area contributed by atoms with Crippen molar-refractivity contribution < 1.29 is 4.57 Å². The summed E-state index contributed by atoms with van der Waals surface area (Å²) in [6, 6.07) is 0. The molecule has 0 radical (unpaired) electrons. The topological polar surface area (TPSA) is 17.1 Å². The molecule has 0 fully saturated rings. The molecule has 0 N–H and O–H groups in total. The van der Waals surface area contributed by atoms with Crippen LogP contribution in [0.5, 0.6) is 0 Å². The van der Waals surface area contributed by atoms with Crippen molar-refractivity contribution in [1.29, 1.82) is 0 Å². The predicted molar refractivity (Wildman–Crippen MR) is 29.0 cm³/mol. The molecule has 0 aromatic rings. The first-order valence-electron chi connectivity index (χ1n) is 1.35. The van der Waals surface area contributed by atoms with Gasteiger partial charge in [0.05, 0.1) is 8.34 Å². The average Bonchev–Trinajstić information content (AvgIpc) is 1.41. The molecule has 0 aliphatic rings. The highest BCUT2D eigenvalue weighted by molar-refractivity contribution is 7.96. The van der Waals surface area contributed by atoms with Crippen molar-refractivity contribution in [2.45, 2.75) is 0 Å². The second kappa shape index (κ2) is 4.59. The van der Waals surface area contributed by atoms with Crippen LogP contribution in [0.25, 0.3) is 0 Å². The van der Waals surface area contributed by atoms with Crippen LogP contribution in [0.3, 0.4) is 0 Å². The first-order valence-corrected chi connectivity index (χ1v) is 4.06. The molecule has 1 unspecified atom stereocenters. The molecule has 0 aromatic carbocycles. The second-order valence-corrected chi connectivity index (χ2v) is 2.87. The van der Waals surface area contributed by atoms with Gasteiger partial charge in [-0.15, -0.1) is 8.46 Å². The summed E-state index contributed by atoms with van der Waals surface area (Å²) >= 11 is 0. The molecule has 0 aliphatic heterocycles. The van der Waals surface area contributed by atoms with E-state index in [0.717, 1.165) is 15.2 Å². The molecule has 0 aromatic heterocycles. The number of hydrogen-bond acceptors (Lipinski definition) is 1. The van der Waals surface area contributed by atoms with E-state index >= 15 is 0 Å². The van der Waals surface area contributed by atoms with Crippen LogP contribution in [0.15, 0.2) is 0 Å². The Kier molecular flexibility index (Phi) is 5.14. The highest BCUT2D eigenvalue weighted by Gasteiger charge is 1.74. The fourth-order valence-corrected chi connectivity index (χ4v) is 0.581. The minimum Gasteiger partial charge on any atom is -0.288 e. The van der Waals surface area contributed by atoms with Gasteiger partial charge in [-0.05, 0) is 0 Å². The van der Waals surface area contributed by atoms with Crippen LogP contribution in [0, 0.1) is 0 Å². The van der Waals surface area contributed by atoms with E-state index in [0.29, 0.717) is 8.34 Å². The van der Waals surface area contributed by atoms with Crippen LogP contribution in [0.2, 0.25) is 0 Å². The maximum absolute atomic E-state index is 9.51. The Labute approximate surface area is 35.7 Å². The van der Waals surface area contributed by atoms with Gasteiger partial charge in [-0.25, -0.2) is 0 Å². The second-order valence-electron chi connectivity index (χ2n) is 0.641. The lowest BCUT2D eigenvalue weighted by Gasteiger charge is -1.64. The molecule has 0 spiro atoms. The van der Waals surface area contributed by atoms with Crippen molar-refractivity contribution in [3.05, 3.63) is 0 Å².